The summed E-state index contributed by atoms with van der Waals surface area (Å²) >= 11 is 0. The number of rotatable bonds is 8. The minimum atomic E-state index is -4.58. The molecule has 2 aromatic carbocycles. The zero-order valence-electron chi connectivity index (χ0n) is 25.1. The van der Waals surface area contributed by atoms with Crippen molar-refractivity contribution in [2.45, 2.75) is 56.8 Å². The van der Waals surface area contributed by atoms with E-state index in [1.165, 1.54) is 5.56 Å². The number of hydrogen-bond acceptors (Lipinski definition) is 7. The topological polar surface area (TPSA) is 116 Å². The van der Waals surface area contributed by atoms with Crippen molar-refractivity contribution in [1.29, 1.82) is 0 Å². The van der Waals surface area contributed by atoms with E-state index in [4.69, 9.17) is 4.79 Å². The molecular weight excluding hydrogens is 571 g/mol. The zero-order valence-corrected chi connectivity index (χ0v) is 25.1. The molecule has 236 valence electrons. The van der Waals surface area contributed by atoms with Gasteiger partial charge in [0.2, 0.25) is 12.4 Å². The standard InChI is InChI=1S/C31H37F3N6O.CH3NO/c1-39-16-14-26(15-17-39)40(2)29(41)23-9-12-24(13-10-23)37-30-35-20-27(31(32,33)34)28(38-30)36-25-11-8-22(19-25)18-21-6-4-3-5-7-21;2-1-3/h3-7,9-10,12-13,20,22,25-26H,8,11,14-19H2,1-2H3,(H2,35,36,37,38);1H,(H2,2,3). The Morgan fingerprint density at radius 3 is 2.36 bits per heavy atom. The average molecular weight is 612 g/mol. The SMILES string of the molecule is CN1CCC(N(C)C(=O)c2ccc(Nc3ncc(C(F)(F)F)c(NC4CCC(Cc5ccccc5)C4)n3)cc2)CC1.NC=O. The van der Waals surface area contributed by atoms with Crippen LogP contribution in [0.25, 0.3) is 0 Å². The van der Waals surface area contributed by atoms with Crippen molar-refractivity contribution in [3.05, 3.63) is 77.5 Å². The fourth-order valence-electron chi connectivity index (χ4n) is 5.87. The molecule has 2 heterocycles. The Bertz CT molecular complexity index is 1360. The van der Waals surface area contributed by atoms with Crippen LogP contribution in [-0.2, 0) is 17.4 Å². The number of aromatic nitrogens is 2. The van der Waals surface area contributed by atoms with Crippen LogP contribution in [0.4, 0.5) is 30.6 Å². The molecule has 2 amide bonds. The Morgan fingerprint density at radius 1 is 1.07 bits per heavy atom. The number of carbonyl (C=O) groups is 2. The van der Waals surface area contributed by atoms with Gasteiger partial charge in [0.05, 0.1) is 0 Å². The largest absolute Gasteiger partial charge is 0.421 e. The summed E-state index contributed by atoms with van der Waals surface area (Å²) in [6.07, 6.45) is 1.79. The second-order valence-corrected chi connectivity index (χ2v) is 11.5. The van der Waals surface area contributed by atoms with Gasteiger partial charge in [-0.15, -0.1) is 0 Å². The quantitative estimate of drug-likeness (QED) is 0.295. The Morgan fingerprint density at radius 2 is 1.73 bits per heavy atom. The number of likely N-dealkylation sites (tertiary alicyclic amines) is 1. The third kappa shape index (κ3) is 8.91. The highest BCUT2D eigenvalue weighted by atomic mass is 19.4. The molecule has 5 rings (SSSR count). The molecule has 0 bridgehead atoms. The molecule has 9 nitrogen and oxygen atoms in total. The fraction of sp³-hybridized carbons (Fsp3) is 0.438. The second kappa shape index (κ2) is 15.0. The first kappa shape index (κ1) is 32.7. The number of nitrogens with zero attached hydrogens (tertiary/aromatic N) is 4. The Kier molecular flexibility index (Phi) is 11.2. The molecule has 1 aromatic heterocycles. The minimum Gasteiger partial charge on any atom is -0.372 e. The molecule has 2 aliphatic rings. The fourth-order valence-corrected chi connectivity index (χ4v) is 5.87. The lowest BCUT2D eigenvalue weighted by molar-refractivity contribution is -0.137. The Labute approximate surface area is 256 Å². The molecule has 4 N–H and O–H groups in total. The van der Waals surface area contributed by atoms with E-state index in [2.05, 4.69) is 50.4 Å². The van der Waals surface area contributed by atoms with Crippen molar-refractivity contribution < 1.29 is 22.8 Å². The molecule has 0 spiro atoms. The molecule has 2 fully saturated rings. The number of nitrogens with one attached hydrogen (secondary N) is 2. The molecule has 1 aliphatic carbocycles. The van der Waals surface area contributed by atoms with E-state index in [1.54, 1.807) is 29.2 Å². The second-order valence-electron chi connectivity index (χ2n) is 11.5. The highest BCUT2D eigenvalue weighted by Crippen LogP contribution is 2.37. The molecule has 3 aromatic rings. The molecule has 1 saturated heterocycles. The third-order valence-corrected chi connectivity index (χ3v) is 8.29. The van der Waals surface area contributed by atoms with E-state index in [9.17, 15) is 18.0 Å². The van der Waals surface area contributed by atoms with Gasteiger partial charge in [0.1, 0.15) is 11.4 Å². The van der Waals surface area contributed by atoms with Gasteiger partial charge in [-0.1, -0.05) is 30.3 Å². The number of amides is 2. The number of nitrogens with two attached hydrogens (primary N) is 1. The maximum absolute atomic E-state index is 13.8. The number of alkyl halides is 3. The molecule has 2 unspecified atom stereocenters. The lowest BCUT2D eigenvalue weighted by atomic mass is 9.98. The number of hydrogen-bond donors (Lipinski definition) is 3. The molecular formula is C32H40F3N7O2. The predicted molar refractivity (Wildman–Crippen MR) is 165 cm³/mol. The lowest BCUT2D eigenvalue weighted by Gasteiger charge is -2.35. The first-order valence-corrected chi connectivity index (χ1v) is 14.8. The van der Waals surface area contributed by atoms with Gasteiger partial charge >= 0.3 is 6.18 Å². The third-order valence-electron chi connectivity index (χ3n) is 8.29. The van der Waals surface area contributed by atoms with Gasteiger partial charge in [0.25, 0.3) is 5.91 Å². The Balaban J connectivity index is 0.00000141. The summed E-state index contributed by atoms with van der Waals surface area (Å²) in [5, 5.41) is 6.06. The van der Waals surface area contributed by atoms with Gasteiger partial charge in [0.15, 0.2) is 0 Å². The van der Waals surface area contributed by atoms with E-state index in [1.807, 2.05) is 25.2 Å². The van der Waals surface area contributed by atoms with Crippen LogP contribution in [0.1, 0.15) is 53.6 Å². The van der Waals surface area contributed by atoms with Gasteiger partial charge in [-0.25, -0.2) is 4.98 Å². The highest BCUT2D eigenvalue weighted by Gasteiger charge is 2.37. The number of carbonyl (C=O) groups excluding carboxylic acids is 2. The lowest BCUT2D eigenvalue weighted by Crippen LogP contribution is -2.44. The molecule has 12 heteroatoms. The van der Waals surface area contributed by atoms with Crippen LogP contribution in [0.3, 0.4) is 0 Å². The van der Waals surface area contributed by atoms with Crippen molar-refractivity contribution in [1.82, 2.24) is 19.8 Å². The summed E-state index contributed by atoms with van der Waals surface area (Å²) in [7, 11) is 3.92. The first-order chi connectivity index (χ1) is 21.1. The van der Waals surface area contributed by atoms with Crippen LogP contribution in [0, 0.1) is 5.92 Å². The van der Waals surface area contributed by atoms with Gasteiger partial charge in [-0.3, -0.25) is 9.59 Å². The molecule has 2 atom stereocenters. The van der Waals surface area contributed by atoms with E-state index >= 15 is 0 Å². The summed E-state index contributed by atoms with van der Waals surface area (Å²) in [5.74, 6) is 0.197. The normalized spacial score (nSPS) is 19.0. The van der Waals surface area contributed by atoms with Crippen LogP contribution < -0.4 is 16.4 Å². The van der Waals surface area contributed by atoms with E-state index in [-0.39, 0.29) is 36.2 Å². The zero-order chi connectivity index (χ0) is 31.7. The number of primary amides is 1. The number of anilines is 3. The summed E-state index contributed by atoms with van der Waals surface area (Å²) in [6.45, 7) is 1.92. The van der Waals surface area contributed by atoms with E-state index < -0.39 is 11.7 Å². The average Bonchev–Trinajstić information content (AvgIpc) is 3.44. The van der Waals surface area contributed by atoms with Crippen LogP contribution in [0.2, 0.25) is 0 Å². The number of halogens is 3. The van der Waals surface area contributed by atoms with E-state index in [0.717, 1.165) is 57.8 Å². The monoisotopic (exact) mass is 611 g/mol. The van der Waals surface area contributed by atoms with Gasteiger partial charge in [-0.05, 0) is 94.4 Å². The summed E-state index contributed by atoms with van der Waals surface area (Å²) in [4.78, 5) is 33.8. The maximum atomic E-state index is 13.8. The van der Waals surface area contributed by atoms with Crippen molar-refractivity contribution in [2.75, 3.05) is 37.8 Å². The number of piperidine rings is 1. The van der Waals surface area contributed by atoms with Gasteiger partial charge in [-0.2, -0.15) is 18.2 Å². The molecule has 0 radical (unpaired) electrons. The minimum absolute atomic E-state index is 0.0505. The molecule has 1 saturated carbocycles. The molecule has 44 heavy (non-hydrogen) atoms. The van der Waals surface area contributed by atoms with Crippen LogP contribution >= 0.6 is 0 Å². The summed E-state index contributed by atoms with van der Waals surface area (Å²) < 4.78 is 41.4. The summed E-state index contributed by atoms with van der Waals surface area (Å²) in [6, 6.07) is 17.1. The van der Waals surface area contributed by atoms with Crippen LogP contribution in [-0.4, -0.2) is 71.4 Å². The van der Waals surface area contributed by atoms with Crippen LogP contribution in [0.5, 0.6) is 0 Å². The number of benzene rings is 2. The van der Waals surface area contributed by atoms with Crippen molar-refractivity contribution in [2.24, 2.45) is 11.7 Å². The van der Waals surface area contributed by atoms with Crippen molar-refractivity contribution in [3.63, 3.8) is 0 Å². The van der Waals surface area contributed by atoms with Crippen molar-refractivity contribution in [3.8, 4) is 0 Å². The van der Waals surface area contributed by atoms with Crippen molar-refractivity contribution >= 4 is 29.8 Å². The maximum Gasteiger partial charge on any atom is 0.421 e. The first-order valence-electron chi connectivity index (χ1n) is 14.8. The van der Waals surface area contributed by atoms with Gasteiger partial charge in [0, 0.05) is 36.6 Å². The highest BCUT2D eigenvalue weighted by molar-refractivity contribution is 5.94. The molecule has 1 aliphatic heterocycles. The smallest absolute Gasteiger partial charge is 0.372 e. The predicted octanol–water partition coefficient (Wildman–Crippen LogP) is 5.33. The van der Waals surface area contributed by atoms with Gasteiger partial charge < -0.3 is 26.2 Å². The Hall–Kier alpha value is -4.19. The van der Waals surface area contributed by atoms with Crippen LogP contribution in [0.15, 0.2) is 60.8 Å². The summed E-state index contributed by atoms with van der Waals surface area (Å²) in [5.41, 5.74) is 5.66. The van der Waals surface area contributed by atoms with E-state index in [0.29, 0.717) is 17.2 Å².